The zero-order valence-corrected chi connectivity index (χ0v) is 11.7. The predicted octanol–water partition coefficient (Wildman–Crippen LogP) is -0.329. The van der Waals surface area contributed by atoms with Gasteiger partial charge in [0.1, 0.15) is 0 Å². The standard InChI is InChI=1S/C11H20N6O2/c1-5-19-11-15-9(12)14-10(16-11)17(4)6-7(2)8(18)13-3/h7H,5-6H2,1-4H3,(H,13,18)(H2,12,14,15,16). The average Bonchev–Trinajstić information content (AvgIpc) is 2.37. The largest absolute Gasteiger partial charge is 0.464 e. The van der Waals surface area contributed by atoms with Crippen LogP contribution in [0.25, 0.3) is 0 Å². The number of amides is 1. The van der Waals surface area contributed by atoms with E-state index in [-0.39, 0.29) is 23.8 Å². The first-order valence-corrected chi connectivity index (χ1v) is 6.05. The van der Waals surface area contributed by atoms with E-state index in [1.165, 1.54) is 0 Å². The van der Waals surface area contributed by atoms with E-state index in [1.807, 2.05) is 13.8 Å². The summed E-state index contributed by atoms with van der Waals surface area (Å²) in [6.07, 6.45) is 0. The highest BCUT2D eigenvalue weighted by Crippen LogP contribution is 2.13. The van der Waals surface area contributed by atoms with E-state index in [2.05, 4.69) is 20.3 Å². The van der Waals surface area contributed by atoms with Crippen LogP contribution in [0.2, 0.25) is 0 Å². The number of hydrogen-bond acceptors (Lipinski definition) is 7. The number of hydrogen-bond donors (Lipinski definition) is 2. The van der Waals surface area contributed by atoms with Gasteiger partial charge in [0.15, 0.2) is 0 Å². The minimum Gasteiger partial charge on any atom is -0.464 e. The molecule has 0 bridgehead atoms. The molecule has 0 aliphatic carbocycles. The molecule has 3 N–H and O–H groups in total. The number of nitrogens with two attached hydrogens (primary N) is 1. The lowest BCUT2D eigenvalue weighted by Crippen LogP contribution is -2.35. The SMILES string of the molecule is CCOc1nc(N)nc(N(C)CC(C)C(=O)NC)n1. The van der Waals surface area contributed by atoms with E-state index in [4.69, 9.17) is 10.5 Å². The first kappa shape index (κ1) is 14.9. The van der Waals surface area contributed by atoms with Gasteiger partial charge in [0.25, 0.3) is 0 Å². The summed E-state index contributed by atoms with van der Waals surface area (Å²) in [4.78, 5) is 25.2. The van der Waals surface area contributed by atoms with Crippen LogP contribution in [0, 0.1) is 5.92 Å². The van der Waals surface area contributed by atoms with E-state index in [9.17, 15) is 4.79 Å². The van der Waals surface area contributed by atoms with Crippen LogP contribution >= 0.6 is 0 Å². The summed E-state index contributed by atoms with van der Waals surface area (Å²) in [7, 11) is 3.39. The van der Waals surface area contributed by atoms with Crippen LogP contribution in [-0.2, 0) is 4.79 Å². The Balaban J connectivity index is 2.81. The smallest absolute Gasteiger partial charge is 0.323 e. The zero-order valence-electron chi connectivity index (χ0n) is 11.7. The van der Waals surface area contributed by atoms with Gasteiger partial charge in [0.2, 0.25) is 17.8 Å². The highest BCUT2D eigenvalue weighted by Gasteiger charge is 2.16. The van der Waals surface area contributed by atoms with Crippen molar-refractivity contribution in [1.29, 1.82) is 0 Å². The Morgan fingerprint density at radius 3 is 2.74 bits per heavy atom. The Labute approximate surface area is 112 Å². The van der Waals surface area contributed by atoms with Gasteiger partial charge in [0, 0.05) is 20.6 Å². The number of carbonyl (C=O) groups is 1. The molecule has 8 heteroatoms. The van der Waals surface area contributed by atoms with E-state index >= 15 is 0 Å². The molecule has 1 unspecified atom stereocenters. The fraction of sp³-hybridized carbons (Fsp3) is 0.636. The van der Waals surface area contributed by atoms with Crippen molar-refractivity contribution in [3.63, 3.8) is 0 Å². The minimum absolute atomic E-state index is 0.0427. The van der Waals surface area contributed by atoms with Gasteiger partial charge in [-0.25, -0.2) is 0 Å². The highest BCUT2D eigenvalue weighted by molar-refractivity contribution is 5.78. The molecule has 1 atom stereocenters. The van der Waals surface area contributed by atoms with Gasteiger partial charge in [-0.05, 0) is 6.92 Å². The summed E-state index contributed by atoms with van der Waals surface area (Å²) >= 11 is 0. The van der Waals surface area contributed by atoms with Gasteiger partial charge >= 0.3 is 6.01 Å². The Morgan fingerprint density at radius 1 is 1.47 bits per heavy atom. The maximum Gasteiger partial charge on any atom is 0.323 e. The van der Waals surface area contributed by atoms with Crippen molar-refractivity contribution in [3.8, 4) is 6.01 Å². The topological polar surface area (TPSA) is 106 Å². The molecule has 8 nitrogen and oxygen atoms in total. The first-order chi connectivity index (χ1) is 8.97. The fourth-order valence-electron chi connectivity index (χ4n) is 1.55. The number of carbonyl (C=O) groups excluding carboxylic acids is 1. The monoisotopic (exact) mass is 268 g/mol. The minimum atomic E-state index is -0.191. The molecule has 0 aliphatic rings. The van der Waals surface area contributed by atoms with Gasteiger partial charge < -0.3 is 20.7 Å². The molecule has 0 spiro atoms. The molecule has 106 valence electrons. The number of nitrogens with one attached hydrogen (secondary N) is 1. The van der Waals surface area contributed by atoms with E-state index in [0.717, 1.165) is 0 Å². The molecule has 1 aromatic rings. The van der Waals surface area contributed by atoms with Crippen molar-refractivity contribution in [3.05, 3.63) is 0 Å². The summed E-state index contributed by atoms with van der Waals surface area (Å²) < 4.78 is 5.20. The number of anilines is 2. The van der Waals surface area contributed by atoms with Gasteiger partial charge in [-0.3, -0.25) is 4.79 Å². The van der Waals surface area contributed by atoms with Crippen LogP contribution in [0.5, 0.6) is 6.01 Å². The van der Waals surface area contributed by atoms with Gasteiger partial charge in [0.05, 0.1) is 12.5 Å². The molecular formula is C11H20N6O2. The summed E-state index contributed by atoms with van der Waals surface area (Å²) in [5.41, 5.74) is 5.60. The van der Waals surface area contributed by atoms with E-state index in [1.54, 1.807) is 19.0 Å². The highest BCUT2D eigenvalue weighted by atomic mass is 16.5. The number of nitrogens with zero attached hydrogens (tertiary/aromatic N) is 4. The van der Waals surface area contributed by atoms with Crippen LogP contribution in [-0.4, -0.2) is 48.1 Å². The molecule has 0 aliphatic heterocycles. The molecule has 19 heavy (non-hydrogen) atoms. The third-order valence-corrected chi connectivity index (χ3v) is 2.48. The molecule has 0 aromatic carbocycles. The van der Waals surface area contributed by atoms with Crippen molar-refractivity contribution in [2.24, 2.45) is 5.92 Å². The Morgan fingerprint density at radius 2 is 2.16 bits per heavy atom. The first-order valence-electron chi connectivity index (χ1n) is 6.05. The molecule has 1 heterocycles. The average molecular weight is 268 g/mol. The van der Waals surface area contributed by atoms with Crippen molar-refractivity contribution < 1.29 is 9.53 Å². The van der Waals surface area contributed by atoms with Crippen molar-refractivity contribution in [2.75, 3.05) is 37.9 Å². The van der Waals surface area contributed by atoms with Crippen LogP contribution in [0.15, 0.2) is 0 Å². The van der Waals surface area contributed by atoms with Gasteiger partial charge in [-0.1, -0.05) is 6.92 Å². The van der Waals surface area contributed by atoms with Gasteiger partial charge in [-0.2, -0.15) is 15.0 Å². The van der Waals surface area contributed by atoms with E-state index < -0.39 is 0 Å². The Hall–Kier alpha value is -2.12. The van der Waals surface area contributed by atoms with Crippen molar-refractivity contribution in [1.82, 2.24) is 20.3 Å². The zero-order chi connectivity index (χ0) is 14.4. The van der Waals surface area contributed by atoms with Crippen LogP contribution in [0.3, 0.4) is 0 Å². The molecule has 0 fully saturated rings. The third kappa shape index (κ3) is 4.23. The number of nitrogen functional groups attached to an aromatic ring is 1. The van der Waals surface area contributed by atoms with Crippen LogP contribution < -0.4 is 20.7 Å². The summed E-state index contributed by atoms with van der Waals surface area (Å²) in [5, 5.41) is 2.60. The predicted molar refractivity (Wildman–Crippen MR) is 71.9 cm³/mol. The van der Waals surface area contributed by atoms with Crippen molar-refractivity contribution in [2.45, 2.75) is 13.8 Å². The lowest BCUT2D eigenvalue weighted by Gasteiger charge is -2.20. The Bertz CT molecular complexity index is 439. The summed E-state index contributed by atoms with van der Waals surface area (Å²) in [6.45, 7) is 4.57. The number of ether oxygens (including phenoxy) is 1. The van der Waals surface area contributed by atoms with Crippen LogP contribution in [0.1, 0.15) is 13.8 Å². The second kappa shape index (κ2) is 6.72. The summed E-state index contributed by atoms with van der Waals surface area (Å²) in [6, 6.07) is 0.185. The van der Waals surface area contributed by atoms with Crippen LogP contribution in [0.4, 0.5) is 11.9 Å². The molecule has 1 rings (SSSR count). The molecule has 1 aromatic heterocycles. The molecule has 0 saturated heterocycles. The molecule has 0 saturated carbocycles. The van der Waals surface area contributed by atoms with E-state index in [0.29, 0.717) is 19.1 Å². The fourth-order valence-corrected chi connectivity index (χ4v) is 1.55. The lowest BCUT2D eigenvalue weighted by atomic mass is 10.1. The number of rotatable bonds is 6. The van der Waals surface area contributed by atoms with Crippen molar-refractivity contribution >= 4 is 17.8 Å². The number of aromatic nitrogens is 3. The molecular weight excluding hydrogens is 248 g/mol. The maximum atomic E-state index is 11.5. The second-order valence-electron chi connectivity index (χ2n) is 4.11. The summed E-state index contributed by atoms with van der Waals surface area (Å²) in [5.74, 6) is 0.238. The normalized spacial score (nSPS) is 11.8. The Kier molecular flexibility index (Phi) is 5.28. The van der Waals surface area contributed by atoms with Gasteiger partial charge in [-0.15, -0.1) is 0 Å². The second-order valence-corrected chi connectivity index (χ2v) is 4.11. The molecule has 1 amide bonds. The molecule has 0 radical (unpaired) electrons. The third-order valence-electron chi connectivity index (χ3n) is 2.48. The quantitative estimate of drug-likeness (QED) is 0.727. The lowest BCUT2D eigenvalue weighted by molar-refractivity contribution is -0.123. The maximum absolute atomic E-state index is 11.5.